The highest BCUT2D eigenvalue weighted by Crippen LogP contribution is 2.24. The van der Waals surface area contributed by atoms with Gasteiger partial charge in [-0.2, -0.15) is 0 Å². The summed E-state index contributed by atoms with van der Waals surface area (Å²) in [5, 5.41) is 3.29. The second-order valence-corrected chi connectivity index (χ2v) is 4.55. The molecule has 0 bridgehead atoms. The van der Waals surface area contributed by atoms with Crippen molar-refractivity contribution in [1.29, 1.82) is 0 Å². The zero-order valence-corrected chi connectivity index (χ0v) is 11.4. The lowest BCUT2D eigenvalue weighted by Crippen LogP contribution is -1.97. The number of methoxy groups -OCH3 is 1. The number of aromatic nitrogens is 2. The normalized spacial score (nSPS) is 10.5. The molecule has 0 atom stereocenters. The molecule has 1 heterocycles. The molecule has 4 heteroatoms. The highest BCUT2D eigenvalue weighted by atomic mass is 16.5. The first-order valence-corrected chi connectivity index (χ1v) is 6.40. The van der Waals surface area contributed by atoms with E-state index in [4.69, 9.17) is 4.74 Å². The number of benzene rings is 2. The second-order valence-electron chi connectivity index (χ2n) is 4.55. The van der Waals surface area contributed by atoms with Gasteiger partial charge in [-0.1, -0.05) is 18.2 Å². The molecule has 0 fully saturated rings. The van der Waals surface area contributed by atoms with E-state index in [0.29, 0.717) is 0 Å². The molecule has 0 amide bonds. The fourth-order valence-electron chi connectivity index (χ4n) is 2.02. The molecule has 1 N–H and O–H groups in total. The van der Waals surface area contributed by atoms with Gasteiger partial charge in [0.2, 0.25) is 0 Å². The van der Waals surface area contributed by atoms with Gasteiger partial charge in [-0.15, -0.1) is 0 Å². The van der Waals surface area contributed by atoms with Crippen LogP contribution in [0.5, 0.6) is 5.75 Å². The van der Waals surface area contributed by atoms with Gasteiger partial charge in [-0.25, -0.2) is 4.98 Å². The summed E-state index contributed by atoms with van der Waals surface area (Å²) in [5.74, 6) is 1.53. The molecule has 1 aromatic heterocycles. The minimum absolute atomic E-state index is 0.722. The lowest BCUT2D eigenvalue weighted by molar-refractivity contribution is 0.415. The molecule has 3 rings (SSSR count). The third-order valence-electron chi connectivity index (χ3n) is 3.16. The van der Waals surface area contributed by atoms with Crippen molar-refractivity contribution in [2.45, 2.75) is 6.92 Å². The van der Waals surface area contributed by atoms with Gasteiger partial charge in [-0.3, -0.25) is 4.98 Å². The molecule has 100 valence electrons. The Bertz CT molecular complexity index is 756. The molecule has 0 aliphatic heterocycles. The Kier molecular flexibility index (Phi) is 3.21. The summed E-state index contributed by atoms with van der Waals surface area (Å²) in [4.78, 5) is 8.95. The van der Waals surface area contributed by atoms with Crippen molar-refractivity contribution in [3.8, 4) is 5.75 Å². The molecule has 4 nitrogen and oxygen atoms in total. The van der Waals surface area contributed by atoms with Crippen molar-refractivity contribution < 1.29 is 4.74 Å². The summed E-state index contributed by atoms with van der Waals surface area (Å²) in [6.07, 6.45) is 1.74. The van der Waals surface area contributed by atoms with Crippen LogP contribution in [0.4, 0.5) is 11.5 Å². The molecule has 20 heavy (non-hydrogen) atoms. The van der Waals surface area contributed by atoms with Crippen LogP contribution in [0.1, 0.15) is 5.56 Å². The highest BCUT2D eigenvalue weighted by Gasteiger charge is 2.04. The van der Waals surface area contributed by atoms with Crippen LogP contribution < -0.4 is 10.1 Å². The molecule has 0 saturated heterocycles. The fourth-order valence-corrected chi connectivity index (χ4v) is 2.02. The molecule has 0 aliphatic rings. The fraction of sp³-hybridized carbons (Fsp3) is 0.125. The van der Waals surface area contributed by atoms with Gasteiger partial charge >= 0.3 is 0 Å². The average molecular weight is 265 g/mol. The third-order valence-corrected chi connectivity index (χ3v) is 3.16. The van der Waals surface area contributed by atoms with Gasteiger partial charge < -0.3 is 10.1 Å². The zero-order valence-electron chi connectivity index (χ0n) is 11.4. The average Bonchev–Trinajstić information content (AvgIpc) is 2.49. The maximum absolute atomic E-state index is 5.24. The van der Waals surface area contributed by atoms with Gasteiger partial charge in [0.05, 0.1) is 24.3 Å². The van der Waals surface area contributed by atoms with E-state index >= 15 is 0 Å². The van der Waals surface area contributed by atoms with Crippen molar-refractivity contribution >= 4 is 22.5 Å². The first kappa shape index (κ1) is 12.4. The van der Waals surface area contributed by atoms with Crippen LogP contribution >= 0.6 is 0 Å². The van der Waals surface area contributed by atoms with Crippen molar-refractivity contribution in [1.82, 2.24) is 9.97 Å². The Balaban J connectivity index is 1.96. The molecule has 0 unspecified atom stereocenters. The summed E-state index contributed by atoms with van der Waals surface area (Å²) >= 11 is 0. The largest absolute Gasteiger partial charge is 0.497 e. The van der Waals surface area contributed by atoms with Crippen molar-refractivity contribution in [3.05, 3.63) is 54.2 Å². The Labute approximate surface area is 117 Å². The summed E-state index contributed by atoms with van der Waals surface area (Å²) in [6.45, 7) is 2.04. The number of hydrogen-bond acceptors (Lipinski definition) is 4. The monoisotopic (exact) mass is 265 g/mol. The molecule has 0 saturated carbocycles. The first-order valence-electron chi connectivity index (χ1n) is 6.40. The van der Waals surface area contributed by atoms with Gasteiger partial charge in [0.25, 0.3) is 0 Å². The molecule has 0 aliphatic carbocycles. The number of aryl methyl sites for hydroxylation is 1. The predicted octanol–water partition coefficient (Wildman–Crippen LogP) is 3.69. The van der Waals surface area contributed by atoms with Crippen LogP contribution in [0, 0.1) is 6.92 Å². The molecular formula is C16H15N3O. The standard InChI is InChI=1S/C16H15N3O/c1-11-7-8-12(20-2)9-15(11)19-16-10-17-13-5-3-4-6-14(13)18-16/h3-10H,1-2H3,(H,18,19). The van der Waals surface area contributed by atoms with E-state index in [1.807, 2.05) is 49.4 Å². The van der Waals surface area contributed by atoms with Crippen molar-refractivity contribution in [3.63, 3.8) is 0 Å². The number of nitrogens with zero attached hydrogens (tertiary/aromatic N) is 2. The van der Waals surface area contributed by atoms with Crippen LogP contribution in [-0.2, 0) is 0 Å². The van der Waals surface area contributed by atoms with Crippen LogP contribution in [0.15, 0.2) is 48.7 Å². The van der Waals surface area contributed by atoms with Gasteiger partial charge in [-0.05, 0) is 30.7 Å². The molecule has 0 radical (unpaired) electrons. The summed E-state index contributed by atoms with van der Waals surface area (Å²) in [7, 11) is 1.66. The number of ether oxygens (including phenoxy) is 1. The van der Waals surface area contributed by atoms with E-state index in [1.54, 1.807) is 13.3 Å². The molecular weight excluding hydrogens is 250 g/mol. The van der Waals surface area contributed by atoms with Crippen LogP contribution in [0.25, 0.3) is 11.0 Å². The highest BCUT2D eigenvalue weighted by molar-refractivity contribution is 5.76. The van der Waals surface area contributed by atoms with Gasteiger partial charge in [0, 0.05) is 11.8 Å². The number of anilines is 2. The van der Waals surface area contributed by atoms with E-state index in [-0.39, 0.29) is 0 Å². The molecule has 0 spiro atoms. The summed E-state index contributed by atoms with van der Waals surface area (Å²) in [6, 6.07) is 13.7. The van der Waals surface area contributed by atoms with Crippen molar-refractivity contribution in [2.75, 3.05) is 12.4 Å². The van der Waals surface area contributed by atoms with Crippen LogP contribution in [0.3, 0.4) is 0 Å². The minimum Gasteiger partial charge on any atom is -0.497 e. The van der Waals surface area contributed by atoms with E-state index in [2.05, 4.69) is 15.3 Å². The lowest BCUT2D eigenvalue weighted by atomic mass is 10.2. The second kappa shape index (κ2) is 5.17. The van der Waals surface area contributed by atoms with E-state index in [0.717, 1.165) is 33.9 Å². The zero-order chi connectivity index (χ0) is 13.9. The number of nitrogens with one attached hydrogen (secondary N) is 1. The summed E-state index contributed by atoms with van der Waals surface area (Å²) < 4.78 is 5.24. The van der Waals surface area contributed by atoms with Crippen molar-refractivity contribution in [2.24, 2.45) is 0 Å². The van der Waals surface area contributed by atoms with E-state index in [1.165, 1.54) is 0 Å². The third kappa shape index (κ3) is 2.40. The Hall–Kier alpha value is -2.62. The van der Waals surface area contributed by atoms with E-state index < -0.39 is 0 Å². The topological polar surface area (TPSA) is 47.0 Å². The Morgan fingerprint density at radius 3 is 2.65 bits per heavy atom. The Morgan fingerprint density at radius 2 is 1.85 bits per heavy atom. The predicted molar refractivity (Wildman–Crippen MR) is 80.6 cm³/mol. The number of para-hydroxylation sites is 2. The first-order chi connectivity index (χ1) is 9.76. The Morgan fingerprint density at radius 1 is 1.05 bits per heavy atom. The number of hydrogen-bond donors (Lipinski definition) is 1. The van der Waals surface area contributed by atoms with Gasteiger partial charge in [0.1, 0.15) is 11.6 Å². The van der Waals surface area contributed by atoms with Crippen LogP contribution in [0.2, 0.25) is 0 Å². The molecule has 3 aromatic rings. The quantitative estimate of drug-likeness (QED) is 0.784. The molecule has 2 aromatic carbocycles. The maximum Gasteiger partial charge on any atom is 0.149 e. The number of rotatable bonds is 3. The van der Waals surface area contributed by atoms with E-state index in [9.17, 15) is 0 Å². The lowest BCUT2D eigenvalue weighted by Gasteiger charge is -2.10. The smallest absolute Gasteiger partial charge is 0.149 e. The minimum atomic E-state index is 0.722. The SMILES string of the molecule is COc1ccc(C)c(Nc2cnc3ccccc3n2)c1. The van der Waals surface area contributed by atoms with Crippen LogP contribution in [-0.4, -0.2) is 17.1 Å². The van der Waals surface area contributed by atoms with Gasteiger partial charge in [0.15, 0.2) is 0 Å². The maximum atomic E-state index is 5.24. The number of fused-ring (bicyclic) bond motifs is 1. The summed E-state index contributed by atoms with van der Waals surface area (Å²) in [5.41, 5.74) is 3.85.